The van der Waals surface area contributed by atoms with Gasteiger partial charge in [-0.25, -0.2) is 0 Å². The fourth-order valence-corrected chi connectivity index (χ4v) is 2.51. The molecule has 0 spiro atoms. The van der Waals surface area contributed by atoms with Crippen LogP contribution in [0.15, 0.2) is 0 Å². The van der Waals surface area contributed by atoms with Crippen LogP contribution in [-0.4, -0.2) is 29.6 Å². The number of rotatable bonds is 2. The molecule has 0 saturated carbocycles. The van der Waals surface area contributed by atoms with Crippen molar-refractivity contribution in [2.75, 3.05) is 19.8 Å². The van der Waals surface area contributed by atoms with Gasteiger partial charge in [0.05, 0.1) is 4.87 Å². The van der Waals surface area contributed by atoms with E-state index in [1.807, 2.05) is 0 Å². The molecule has 1 rings (SSSR count). The molecule has 2 heteroatoms. The molecule has 0 N–H and O–H groups in total. The molecule has 1 heterocycles. The third-order valence-electron chi connectivity index (χ3n) is 2.10. The van der Waals surface area contributed by atoms with Gasteiger partial charge in [-0.15, -0.1) is 11.8 Å². The summed E-state index contributed by atoms with van der Waals surface area (Å²) in [6.45, 7) is 4.58. The maximum absolute atomic E-state index is 2.34. The Morgan fingerprint density at radius 3 is 1.89 bits per heavy atom. The van der Waals surface area contributed by atoms with Gasteiger partial charge in [0.1, 0.15) is 0 Å². The minimum absolute atomic E-state index is 0.500. The van der Waals surface area contributed by atoms with E-state index < -0.39 is 0 Å². The molecule has 1 fully saturated rings. The fourth-order valence-electron chi connectivity index (χ4n) is 1.18. The van der Waals surface area contributed by atoms with Gasteiger partial charge < -0.3 is 0 Å². The number of hydrogen-bond donors (Lipinski definition) is 0. The summed E-state index contributed by atoms with van der Waals surface area (Å²) in [7, 11) is 4.33. The second-order valence-electron chi connectivity index (χ2n) is 3.18. The highest BCUT2D eigenvalue weighted by molar-refractivity contribution is 8.07. The number of hydrogen-bond acceptors (Lipinski definition) is 2. The third-order valence-corrected chi connectivity index (χ3v) is 3.82. The van der Waals surface area contributed by atoms with Crippen LogP contribution in [-0.2, 0) is 0 Å². The predicted octanol–water partition coefficient (Wildman–Crippen LogP) is 1.65. The maximum atomic E-state index is 2.34. The van der Waals surface area contributed by atoms with Crippen LogP contribution >= 0.6 is 11.8 Å². The molecule has 1 atom stereocenters. The normalized spacial score (nSPS) is 34.0. The monoisotopic (exact) mass is 145 g/mol. The first-order chi connectivity index (χ1) is 4.09. The van der Waals surface area contributed by atoms with Crippen molar-refractivity contribution >= 4 is 11.8 Å². The highest BCUT2D eigenvalue weighted by Crippen LogP contribution is 2.51. The highest BCUT2D eigenvalue weighted by Gasteiger charge is 2.48. The molecule has 1 aliphatic heterocycles. The molecular formula is C7H15NS. The van der Waals surface area contributed by atoms with Gasteiger partial charge in [0.25, 0.3) is 0 Å². The van der Waals surface area contributed by atoms with Crippen molar-refractivity contribution in [1.29, 1.82) is 0 Å². The van der Waals surface area contributed by atoms with E-state index in [1.54, 1.807) is 0 Å². The molecule has 1 saturated heterocycles. The molecule has 1 aliphatic rings. The first-order valence-electron chi connectivity index (χ1n) is 3.41. The van der Waals surface area contributed by atoms with E-state index in [0.717, 1.165) is 5.92 Å². The molecular weight excluding hydrogens is 130 g/mol. The van der Waals surface area contributed by atoms with Crippen molar-refractivity contribution < 1.29 is 0 Å². The van der Waals surface area contributed by atoms with Crippen molar-refractivity contribution in [3.8, 4) is 0 Å². The molecule has 0 aliphatic carbocycles. The van der Waals surface area contributed by atoms with Gasteiger partial charge in [0.15, 0.2) is 0 Å². The molecule has 0 bridgehead atoms. The summed E-state index contributed by atoms with van der Waals surface area (Å²) in [5.74, 6) is 2.11. The maximum Gasteiger partial charge on any atom is 0.0781 e. The average Bonchev–Trinajstić information content (AvgIpc) is 2.40. The Morgan fingerprint density at radius 2 is 1.89 bits per heavy atom. The van der Waals surface area contributed by atoms with Gasteiger partial charge in [0, 0.05) is 5.75 Å². The van der Waals surface area contributed by atoms with Crippen LogP contribution in [0.1, 0.15) is 13.8 Å². The summed E-state index contributed by atoms with van der Waals surface area (Å²) in [6.07, 6.45) is 0. The lowest BCUT2D eigenvalue weighted by atomic mass is 10.1. The van der Waals surface area contributed by atoms with E-state index in [9.17, 15) is 0 Å². The van der Waals surface area contributed by atoms with Gasteiger partial charge in [-0.3, -0.25) is 4.90 Å². The molecule has 9 heavy (non-hydrogen) atoms. The van der Waals surface area contributed by atoms with Gasteiger partial charge in [-0.1, -0.05) is 13.8 Å². The molecule has 54 valence electrons. The van der Waals surface area contributed by atoms with E-state index in [4.69, 9.17) is 0 Å². The van der Waals surface area contributed by atoms with Crippen molar-refractivity contribution in [2.45, 2.75) is 18.7 Å². The second-order valence-corrected chi connectivity index (χ2v) is 4.47. The molecule has 1 unspecified atom stereocenters. The van der Waals surface area contributed by atoms with Gasteiger partial charge >= 0.3 is 0 Å². The van der Waals surface area contributed by atoms with E-state index in [1.165, 1.54) is 5.75 Å². The Morgan fingerprint density at radius 1 is 1.44 bits per heavy atom. The van der Waals surface area contributed by atoms with E-state index in [2.05, 4.69) is 44.6 Å². The third kappa shape index (κ3) is 1.10. The van der Waals surface area contributed by atoms with Gasteiger partial charge in [-0.2, -0.15) is 0 Å². The van der Waals surface area contributed by atoms with Crippen molar-refractivity contribution in [2.24, 2.45) is 5.92 Å². The SMILES string of the molecule is CC(C)C1(N(C)C)CS1. The Kier molecular flexibility index (Phi) is 1.79. The molecule has 0 amide bonds. The molecule has 0 aromatic rings. The minimum atomic E-state index is 0.500. The van der Waals surface area contributed by atoms with Crippen LogP contribution in [0, 0.1) is 5.92 Å². The largest absolute Gasteiger partial charge is 0.294 e. The van der Waals surface area contributed by atoms with E-state index in [-0.39, 0.29) is 0 Å². The smallest absolute Gasteiger partial charge is 0.0781 e. The Balaban J connectivity index is 2.52. The summed E-state index contributed by atoms with van der Waals surface area (Å²) in [6, 6.07) is 0. The fraction of sp³-hybridized carbons (Fsp3) is 1.00. The van der Waals surface area contributed by atoms with Crippen LogP contribution in [0.3, 0.4) is 0 Å². The molecule has 0 aromatic heterocycles. The Labute approximate surface area is 61.8 Å². The summed E-state index contributed by atoms with van der Waals surface area (Å²) in [5.41, 5.74) is 0. The van der Waals surface area contributed by atoms with Crippen molar-refractivity contribution in [3.63, 3.8) is 0 Å². The molecule has 0 aromatic carbocycles. The number of thioether (sulfide) groups is 1. The highest BCUT2D eigenvalue weighted by atomic mass is 32.2. The minimum Gasteiger partial charge on any atom is -0.294 e. The summed E-state index contributed by atoms with van der Waals surface area (Å²) in [4.78, 5) is 2.84. The predicted molar refractivity (Wildman–Crippen MR) is 43.7 cm³/mol. The van der Waals surface area contributed by atoms with Crippen LogP contribution < -0.4 is 0 Å². The Bertz CT molecular complexity index is 95.5. The lowest BCUT2D eigenvalue weighted by Crippen LogP contribution is -2.35. The average molecular weight is 145 g/mol. The van der Waals surface area contributed by atoms with E-state index in [0.29, 0.717) is 4.87 Å². The lowest BCUT2D eigenvalue weighted by molar-refractivity contribution is 0.249. The number of nitrogens with zero attached hydrogens (tertiary/aromatic N) is 1. The molecule has 1 nitrogen and oxygen atoms in total. The lowest BCUT2D eigenvalue weighted by Gasteiger charge is -2.25. The first kappa shape index (κ1) is 7.42. The van der Waals surface area contributed by atoms with Gasteiger partial charge in [0.2, 0.25) is 0 Å². The quantitative estimate of drug-likeness (QED) is 0.543. The van der Waals surface area contributed by atoms with Gasteiger partial charge in [-0.05, 0) is 20.0 Å². The Hall–Kier alpha value is 0.310. The summed E-state index contributed by atoms with van der Waals surface area (Å²) in [5, 5.41) is 0. The zero-order chi connectivity index (χ0) is 7.07. The zero-order valence-electron chi connectivity index (χ0n) is 6.64. The summed E-state index contributed by atoms with van der Waals surface area (Å²) >= 11 is 2.06. The standard InChI is InChI=1S/C7H15NS/c1-6(2)7(5-9-7)8(3)4/h6H,5H2,1-4H3. The molecule has 0 radical (unpaired) electrons. The van der Waals surface area contributed by atoms with Crippen molar-refractivity contribution in [3.05, 3.63) is 0 Å². The summed E-state index contributed by atoms with van der Waals surface area (Å²) < 4.78 is 0. The van der Waals surface area contributed by atoms with E-state index >= 15 is 0 Å². The van der Waals surface area contributed by atoms with Crippen LogP contribution in [0.4, 0.5) is 0 Å². The van der Waals surface area contributed by atoms with Crippen LogP contribution in [0.2, 0.25) is 0 Å². The van der Waals surface area contributed by atoms with Crippen molar-refractivity contribution in [1.82, 2.24) is 4.90 Å². The topological polar surface area (TPSA) is 3.24 Å². The second kappa shape index (κ2) is 2.17. The van der Waals surface area contributed by atoms with Crippen LogP contribution in [0.25, 0.3) is 0 Å². The zero-order valence-corrected chi connectivity index (χ0v) is 7.46. The first-order valence-corrected chi connectivity index (χ1v) is 4.39. The van der Waals surface area contributed by atoms with Crippen LogP contribution in [0.5, 0.6) is 0 Å².